The molecule has 2 aromatic rings. The number of hydrogen-bond donors (Lipinski definition) is 5. The van der Waals surface area contributed by atoms with Crippen LogP contribution in [-0.4, -0.2) is 34.3 Å². The number of aryl methyl sites for hydroxylation is 1. The average Bonchev–Trinajstić information content (AvgIpc) is 3.13. The third-order valence-corrected chi connectivity index (χ3v) is 4.19. The molecule has 2 aromatic heterocycles. The van der Waals surface area contributed by atoms with Gasteiger partial charge in [0.1, 0.15) is 17.0 Å². The van der Waals surface area contributed by atoms with E-state index in [1.165, 1.54) is 44.7 Å². The Morgan fingerprint density at radius 3 is 2.92 bits per heavy atom. The van der Waals surface area contributed by atoms with E-state index in [9.17, 15) is 4.79 Å². The minimum absolute atomic E-state index is 0.295. The second-order valence-electron chi connectivity index (χ2n) is 6.23. The molecule has 0 bridgehead atoms. The van der Waals surface area contributed by atoms with Crippen LogP contribution in [0.25, 0.3) is 10.9 Å². The predicted octanol–water partition coefficient (Wildman–Crippen LogP) is 1.88. The van der Waals surface area contributed by atoms with E-state index in [1.54, 1.807) is 13.0 Å². The van der Waals surface area contributed by atoms with Crippen LogP contribution >= 0.6 is 0 Å². The highest BCUT2D eigenvalue weighted by Crippen LogP contribution is 2.16. The number of H-pyrrole nitrogens is 1. The molecule has 26 heavy (non-hydrogen) atoms. The summed E-state index contributed by atoms with van der Waals surface area (Å²) in [7, 11) is 0. The lowest BCUT2D eigenvalue weighted by molar-refractivity contribution is 0.525. The van der Waals surface area contributed by atoms with E-state index < -0.39 is 0 Å². The Kier molecular flexibility index (Phi) is 7.28. The van der Waals surface area contributed by atoms with E-state index in [1.807, 2.05) is 0 Å². The van der Waals surface area contributed by atoms with Crippen LogP contribution in [0.5, 0.6) is 0 Å². The molecule has 1 saturated heterocycles. The number of aromatic nitrogens is 3. The smallest absolute Gasteiger partial charge is 0.261 e. The van der Waals surface area contributed by atoms with Gasteiger partial charge in [-0.15, -0.1) is 0 Å². The molecule has 0 saturated carbocycles. The van der Waals surface area contributed by atoms with Gasteiger partial charge in [0.15, 0.2) is 0 Å². The molecule has 0 aromatic carbocycles. The number of pyridine rings is 1. The van der Waals surface area contributed by atoms with E-state index in [0.29, 0.717) is 28.2 Å². The Morgan fingerprint density at radius 1 is 1.50 bits per heavy atom. The maximum atomic E-state index is 11.8. The topological polar surface area (TPSA) is 133 Å². The lowest BCUT2D eigenvalue weighted by atomic mass is 10.0. The number of rotatable bonds is 5. The van der Waals surface area contributed by atoms with Gasteiger partial charge in [-0.2, -0.15) is 0 Å². The number of allylic oxidation sites excluding steroid dienone is 1. The Labute approximate surface area is 152 Å². The van der Waals surface area contributed by atoms with Gasteiger partial charge in [-0.1, -0.05) is 13.3 Å². The van der Waals surface area contributed by atoms with Gasteiger partial charge in [-0.3, -0.25) is 4.79 Å². The molecule has 3 heterocycles. The number of hydrogen-bond acceptors (Lipinski definition) is 7. The fourth-order valence-electron chi connectivity index (χ4n) is 2.93. The second kappa shape index (κ2) is 9.67. The molecule has 1 unspecified atom stereocenters. The summed E-state index contributed by atoms with van der Waals surface area (Å²) in [4.78, 5) is 22.7. The van der Waals surface area contributed by atoms with Crippen LogP contribution in [0.15, 0.2) is 29.0 Å². The van der Waals surface area contributed by atoms with Gasteiger partial charge in [0, 0.05) is 18.6 Å². The van der Waals surface area contributed by atoms with Crippen molar-refractivity contribution in [1.29, 1.82) is 5.41 Å². The highest BCUT2D eigenvalue weighted by atomic mass is 16.1. The zero-order valence-corrected chi connectivity index (χ0v) is 15.3. The van der Waals surface area contributed by atoms with Crippen LogP contribution in [0.2, 0.25) is 0 Å². The first-order valence-corrected chi connectivity index (χ1v) is 8.85. The first-order valence-electron chi connectivity index (χ1n) is 8.85. The minimum atomic E-state index is -0.295. The summed E-state index contributed by atoms with van der Waals surface area (Å²) in [6, 6.07) is 1.69. The van der Waals surface area contributed by atoms with E-state index in [0.717, 1.165) is 12.1 Å². The fourth-order valence-corrected chi connectivity index (χ4v) is 2.93. The SMILES string of the molecule is CCCC1CCNC1.Cc1nc(N/C(C=N)=C/N)c2c(=O)[nH]ccc2n1. The number of aromatic amines is 1. The molecular formula is C18H27N7O. The standard InChI is InChI=1S/C11H12N6O.C7H15N/c1-6-15-8-2-3-14-11(18)9(8)10(16-6)17-7(4-12)5-13;1-2-3-7-4-5-8-6-7/h2-5,12H,13H2,1H3,(H,14,18)(H,15,16,17);7-8H,2-6H2,1H3/b7-5+,12-4?;. The Balaban J connectivity index is 0.000000254. The highest BCUT2D eigenvalue weighted by Gasteiger charge is 2.12. The average molecular weight is 357 g/mol. The van der Waals surface area contributed by atoms with Crippen LogP contribution in [0.1, 0.15) is 32.0 Å². The monoisotopic (exact) mass is 357 g/mol. The quantitative estimate of drug-likeness (QED) is 0.519. The molecule has 3 rings (SSSR count). The number of nitrogens with two attached hydrogens (primary N) is 1. The van der Waals surface area contributed by atoms with Gasteiger partial charge in [0.2, 0.25) is 0 Å². The largest absolute Gasteiger partial charge is 0.403 e. The molecular weight excluding hydrogens is 330 g/mol. The minimum Gasteiger partial charge on any atom is -0.403 e. The van der Waals surface area contributed by atoms with Crippen molar-refractivity contribution < 1.29 is 0 Å². The van der Waals surface area contributed by atoms with Crippen LogP contribution in [0.3, 0.4) is 0 Å². The number of nitrogens with one attached hydrogen (secondary N) is 4. The van der Waals surface area contributed by atoms with Crippen molar-refractivity contribution in [1.82, 2.24) is 20.3 Å². The summed E-state index contributed by atoms with van der Waals surface area (Å²) < 4.78 is 0. The van der Waals surface area contributed by atoms with Crippen molar-refractivity contribution in [3.63, 3.8) is 0 Å². The molecule has 1 aliphatic heterocycles. The van der Waals surface area contributed by atoms with Gasteiger partial charge in [0.05, 0.1) is 11.2 Å². The molecule has 1 aliphatic rings. The van der Waals surface area contributed by atoms with Crippen molar-refractivity contribution in [2.24, 2.45) is 11.7 Å². The maximum Gasteiger partial charge on any atom is 0.261 e. The summed E-state index contributed by atoms with van der Waals surface area (Å²) >= 11 is 0. The Morgan fingerprint density at radius 2 is 2.31 bits per heavy atom. The molecule has 8 nitrogen and oxygen atoms in total. The van der Waals surface area contributed by atoms with Crippen LogP contribution < -0.4 is 21.9 Å². The molecule has 6 N–H and O–H groups in total. The van der Waals surface area contributed by atoms with Crippen LogP contribution in [-0.2, 0) is 0 Å². The van der Waals surface area contributed by atoms with Crippen molar-refractivity contribution in [3.8, 4) is 0 Å². The molecule has 0 spiro atoms. The third-order valence-electron chi connectivity index (χ3n) is 4.19. The van der Waals surface area contributed by atoms with E-state index in [2.05, 4.69) is 32.5 Å². The predicted molar refractivity (Wildman–Crippen MR) is 105 cm³/mol. The van der Waals surface area contributed by atoms with E-state index in [-0.39, 0.29) is 5.56 Å². The van der Waals surface area contributed by atoms with E-state index in [4.69, 9.17) is 11.1 Å². The molecule has 1 atom stereocenters. The Bertz CT molecular complexity index is 822. The highest BCUT2D eigenvalue weighted by molar-refractivity contribution is 5.91. The zero-order valence-electron chi connectivity index (χ0n) is 15.3. The van der Waals surface area contributed by atoms with Crippen molar-refractivity contribution in [3.05, 3.63) is 40.3 Å². The molecule has 1 fully saturated rings. The lowest BCUT2D eigenvalue weighted by Crippen LogP contribution is -2.13. The molecule has 140 valence electrons. The van der Waals surface area contributed by atoms with Gasteiger partial charge in [-0.25, -0.2) is 9.97 Å². The maximum absolute atomic E-state index is 11.8. The summed E-state index contributed by atoms with van der Waals surface area (Å²) in [5.41, 5.74) is 5.93. The first kappa shape index (κ1) is 19.6. The van der Waals surface area contributed by atoms with Gasteiger partial charge in [-0.05, 0) is 44.8 Å². The summed E-state index contributed by atoms with van der Waals surface area (Å²) in [5, 5.41) is 13.7. The van der Waals surface area contributed by atoms with Crippen molar-refractivity contribution in [2.75, 3.05) is 18.4 Å². The van der Waals surface area contributed by atoms with Crippen LogP contribution in [0.4, 0.5) is 5.82 Å². The van der Waals surface area contributed by atoms with Gasteiger partial charge >= 0.3 is 0 Å². The summed E-state index contributed by atoms with van der Waals surface area (Å²) in [6.07, 6.45) is 7.98. The van der Waals surface area contributed by atoms with Gasteiger partial charge < -0.3 is 26.8 Å². The molecule has 0 amide bonds. The third kappa shape index (κ3) is 5.13. The lowest BCUT2D eigenvalue weighted by Gasteiger charge is -2.08. The molecule has 8 heteroatoms. The van der Waals surface area contributed by atoms with Crippen molar-refractivity contribution >= 4 is 22.9 Å². The fraction of sp³-hybridized carbons (Fsp3) is 0.444. The molecule has 0 radical (unpaired) electrons. The first-order chi connectivity index (χ1) is 12.6. The molecule has 0 aliphatic carbocycles. The number of fused-ring (bicyclic) bond motifs is 1. The normalized spacial score (nSPS) is 16.8. The van der Waals surface area contributed by atoms with Crippen LogP contribution in [0, 0.1) is 18.3 Å². The zero-order chi connectivity index (χ0) is 18.9. The summed E-state index contributed by atoms with van der Waals surface area (Å²) in [5.74, 6) is 1.86. The Hall–Kier alpha value is -2.74. The summed E-state index contributed by atoms with van der Waals surface area (Å²) in [6.45, 7) is 6.51. The number of nitrogens with zero attached hydrogens (tertiary/aromatic N) is 2. The van der Waals surface area contributed by atoms with Crippen molar-refractivity contribution in [2.45, 2.75) is 33.1 Å². The number of anilines is 1. The van der Waals surface area contributed by atoms with Gasteiger partial charge in [0.25, 0.3) is 5.56 Å². The van der Waals surface area contributed by atoms with E-state index >= 15 is 0 Å². The second-order valence-corrected chi connectivity index (χ2v) is 6.23.